The van der Waals surface area contributed by atoms with Gasteiger partial charge in [-0.1, -0.05) is 35.9 Å². The molecule has 0 spiro atoms. The zero-order valence-corrected chi connectivity index (χ0v) is 19.5. The molecule has 9 heteroatoms. The van der Waals surface area contributed by atoms with Gasteiger partial charge in [-0.3, -0.25) is 9.59 Å². The minimum absolute atomic E-state index is 0.0630. The highest BCUT2D eigenvalue weighted by molar-refractivity contribution is 6.30. The third-order valence-corrected chi connectivity index (χ3v) is 6.29. The van der Waals surface area contributed by atoms with Gasteiger partial charge in [0.15, 0.2) is 0 Å². The highest BCUT2D eigenvalue weighted by atomic mass is 35.5. The zero-order chi connectivity index (χ0) is 24.4. The lowest BCUT2D eigenvalue weighted by molar-refractivity contribution is -0.125. The van der Waals surface area contributed by atoms with E-state index in [1.54, 1.807) is 53.4 Å². The number of hydrogen-bond acceptors (Lipinski definition) is 4. The number of benzene rings is 3. The van der Waals surface area contributed by atoms with Crippen molar-refractivity contribution in [2.45, 2.75) is 12.6 Å². The van der Waals surface area contributed by atoms with Crippen LogP contribution in [0.3, 0.4) is 0 Å². The minimum Gasteiger partial charge on any atom is -0.370 e. The zero-order valence-electron chi connectivity index (χ0n) is 18.7. The molecule has 35 heavy (non-hydrogen) atoms. The fraction of sp³-hybridized carbons (Fsp3) is 0.192. The summed E-state index contributed by atoms with van der Waals surface area (Å²) >= 11 is 5.94. The Balaban J connectivity index is 1.33. The molecule has 8 nitrogen and oxygen atoms in total. The number of halogens is 1. The number of morpholine rings is 1. The van der Waals surface area contributed by atoms with Crippen LogP contribution in [0, 0.1) is 0 Å². The Morgan fingerprint density at radius 1 is 0.914 bits per heavy atom. The number of ether oxygens (including phenoxy) is 1. The van der Waals surface area contributed by atoms with E-state index in [1.165, 1.54) is 4.90 Å². The summed E-state index contributed by atoms with van der Waals surface area (Å²) in [7, 11) is 0. The Bertz CT molecular complexity index is 1260. The molecule has 2 aliphatic rings. The topological polar surface area (TPSA) is 91.0 Å². The molecule has 1 unspecified atom stereocenters. The second-order valence-corrected chi connectivity index (χ2v) is 8.74. The molecule has 0 aliphatic carbocycles. The van der Waals surface area contributed by atoms with Crippen LogP contribution in [-0.4, -0.2) is 42.5 Å². The molecule has 0 aromatic heterocycles. The van der Waals surface area contributed by atoms with Crippen molar-refractivity contribution in [3.05, 3.63) is 88.9 Å². The van der Waals surface area contributed by atoms with Crippen molar-refractivity contribution in [3.63, 3.8) is 0 Å². The van der Waals surface area contributed by atoms with E-state index in [-0.39, 0.29) is 24.5 Å². The number of carbonyl (C=O) groups excluding carboxylic acids is 3. The van der Waals surface area contributed by atoms with Crippen molar-refractivity contribution in [2.75, 3.05) is 35.3 Å². The molecule has 5 rings (SSSR count). The number of rotatable bonds is 4. The van der Waals surface area contributed by atoms with E-state index in [4.69, 9.17) is 16.3 Å². The van der Waals surface area contributed by atoms with Crippen LogP contribution in [0.15, 0.2) is 72.8 Å². The summed E-state index contributed by atoms with van der Waals surface area (Å²) in [6.45, 7) is 1.35. The highest BCUT2D eigenvalue weighted by Gasteiger charge is 2.38. The first kappa shape index (κ1) is 22.9. The minimum atomic E-state index is -0.793. The molecule has 1 atom stereocenters. The molecule has 1 saturated heterocycles. The first-order valence-corrected chi connectivity index (χ1v) is 11.6. The molecule has 3 aromatic rings. The molecule has 2 N–H and O–H groups in total. The summed E-state index contributed by atoms with van der Waals surface area (Å²) in [5.74, 6) is -0.422. The van der Waals surface area contributed by atoms with Crippen molar-refractivity contribution < 1.29 is 19.1 Å². The van der Waals surface area contributed by atoms with E-state index in [9.17, 15) is 14.4 Å². The first-order chi connectivity index (χ1) is 17.0. The number of urea groups is 1. The number of anilines is 3. The van der Waals surface area contributed by atoms with Gasteiger partial charge in [-0.05, 0) is 59.7 Å². The van der Waals surface area contributed by atoms with Crippen LogP contribution in [0.5, 0.6) is 0 Å². The fourth-order valence-corrected chi connectivity index (χ4v) is 4.44. The molecule has 4 amide bonds. The van der Waals surface area contributed by atoms with Gasteiger partial charge in [0, 0.05) is 35.2 Å². The van der Waals surface area contributed by atoms with E-state index in [0.717, 1.165) is 16.8 Å². The number of hydrogen-bond donors (Lipinski definition) is 2. The Kier molecular flexibility index (Phi) is 6.39. The Morgan fingerprint density at radius 3 is 2.34 bits per heavy atom. The predicted octanol–water partition coefficient (Wildman–Crippen LogP) is 4.43. The van der Waals surface area contributed by atoms with Crippen LogP contribution >= 0.6 is 11.6 Å². The number of amides is 4. The summed E-state index contributed by atoms with van der Waals surface area (Å²) in [6.07, 6.45) is 0. The van der Waals surface area contributed by atoms with E-state index < -0.39 is 6.04 Å². The summed E-state index contributed by atoms with van der Waals surface area (Å²) in [4.78, 5) is 41.8. The molecule has 3 aromatic carbocycles. The third-order valence-electron chi connectivity index (χ3n) is 6.04. The van der Waals surface area contributed by atoms with Crippen molar-refractivity contribution in [2.24, 2.45) is 0 Å². The maximum atomic E-state index is 13.4. The molecule has 0 saturated carbocycles. The predicted molar refractivity (Wildman–Crippen MR) is 133 cm³/mol. The van der Waals surface area contributed by atoms with Gasteiger partial charge in [0.1, 0.15) is 12.6 Å². The fourth-order valence-electron chi connectivity index (χ4n) is 4.31. The maximum Gasteiger partial charge on any atom is 0.323 e. The Morgan fingerprint density at radius 2 is 1.60 bits per heavy atom. The maximum absolute atomic E-state index is 13.4. The lowest BCUT2D eigenvalue weighted by Gasteiger charge is -2.27. The Labute approximate surface area is 207 Å². The van der Waals surface area contributed by atoms with Gasteiger partial charge in [0.2, 0.25) is 0 Å². The van der Waals surface area contributed by atoms with Gasteiger partial charge >= 0.3 is 6.03 Å². The smallest absolute Gasteiger partial charge is 0.323 e. The van der Waals surface area contributed by atoms with Crippen LogP contribution in [-0.2, 0) is 20.9 Å². The summed E-state index contributed by atoms with van der Waals surface area (Å²) in [6, 6.07) is 20.2. The first-order valence-electron chi connectivity index (χ1n) is 11.2. The molecule has 2 aliphatic heterocycles. The molecular formula is C26H23ClN4O4. The van der Waals surface area contributed by atoms with Crippen LogP contribution < -0.4 is 15.5 Å². The van der Waals surface area contributed by atoms with Crippen LogP contribution in [0.1, 0.15) is 17.2 Å². The van der Waals surface area contributed by atoms with Crippen molar-refractivity contribution >= 4 is 46.5 Å². The number of fused-ring (bicyclic) bond motifs is 1. The molecule has 1 fully saturated rings. The number of carbonyl (C=O) groups is 3. The van der Waals surface area contributed by atoms with E-state index in [1.807, 2.05) is 24.3 Å². The second kappa shape index (κ2) is 9.77. The largest absolute Gasteiger partial charge is 0.370 e. The normalized spacial score (nSPS) is 17.2. The summed E-state index contributed by atoms with van der Waals surface area (Å²) in [5.41, 5.74) is 3.60. The van der Waals surface area contributed by atoms with Gasteiger partial charge in [0.25, 0.3) is 11.8 Å². The van der Waals surface area contributed by atoms with Crippen molar-refractivity contribution in [3.8, 4) is 0 Å². The highest BCUT2D eigenvalue weighted by Crippen LogP contribution is 2.35. The van der Waals surface area contributed by atoms with Crippen molar-refractivity contribution in [1.29, 1.82) is 0 Å². The number of nitrogens with zero attached hydrogens (tertiary/aromatic N) is 2. The van der Waals surface area contributed by atoms with E-state index in [2.05, 4.69) is 10.6 Å². The van der Waals surface area contributed by atoms with E-state index >= 15 is 0 Å². The quantitative estimate of drug-likeness (QED) is 0.566. The lowest BCUT2D eigenvalue weighted by Crippen LogP contribution is -2.41. The van der Waals surface area contributed by atoms with Gasteiger partial charge in [-0.2, -0.15) is 0 Å². The van der Waals surface area contributed by atoms with E-state index in [0.29, 0.717) is 36.1 Å². The molecule has 178 valence electrons. The molecular weight excluding hydrogens is 468 g/mol. The number of nitrogens with one attached hydrogen (secondary N) is 2. The average molecular weight is 491 g/mol. The molecule has 2 heterocycles. The van der Waals surface area contributed by atoms with Gasteiger partial charge < -0.3 is 25.2 Å². The summed E-state index contributed by atoms with van der Waals surface area (Å²) in [5, 5.41) is 6.33. The standard InChI is InChI=1S/C26H23ClN4O4/c27-18-5-7-20(8-6-18)29-26(34)31-15-17-3-1-2-4-22(17)24(31)25(33)28-19-9-11-21(12-10-19)30-13-14-35-16-23(30)32/h1-12,24H,13-16H2,(H,28,33)(H,29,34). The summed E-state index contributed by atoms with van der Waals surface area (Å²) < 4.78 is 5.18. The van der Waals surface area contributed by atoms with Gasteiger partial charge in [-0.15, -0.1) is 0 Å². The van der Waals surface area contributed by atoms with Gasteiger partial charge in [-0.25, -0.2) is 4.79 Å². The van der Waals surface area contributed by atoms with Crippen LogP contribution in [0.2, 0.25) is 5.02 Å². The third kappa shape index (κ3) is 4.84. The van der Waals surface area contributed by atoms with Gasteiger partial charge in [0.05, 0.1) is 6.61 Å². The Hall–Kier alpha value is -3.88. The molecule has 0 radical (unpaired) electrons. The monoisotopic (exact) mass is 490 g/mol. The van der Waals surface area contributed by atoms with Crippen molar-refractivity contribution in [1.82, 2.24) is 4.90 Å². The lowest BCUT2D eigenvalue weighted by atomic mass is 10.0. The second-order valence-electron chi connectivity index (χ2n) is 8.30. The van der Waals surface area contributed by atoms with Crippen LogP contribution in [0.4, 0.5) is 21.9 Å². The SMILES string of the molecule is O=C(Nc1ccc(N2CCOCC2=O)cc1)C1c2ccccc2CN1C(=O)Nc1ccc(Cl)cc1. The van der Waals surface area contributed by atoms with Crippen LogP contribution in [0.25, 0.3) is 0 Å². The average Bonchev–Trinajstić information content (AvgIpc) is 3.26. The molecule has 0 bridgehead atoms.